The number of nitrogens with zero attached hydrogens (tertiary/aromatic N) is 3. The van der Waals surface area contributed by atoms with Gasteiger partial charge in [0.1, 0.15) is 5.69 Å². The number of nitrogen functional groups attached to an aromatic ring is 1. The highest BCUT2D eigenvalue weighted by Gasteiger charge is 2.26. The van der Waals surface area contributed by atoms with Gasteiger partial charge >= 0.3 is 0 Å². The van der Waals surface area contributed by atoms with Crippen LogP contribution in [-0.2, 0) is 4.79 Å². The van der Waals surface area contributed by atoms with E-state index >= 15 is 0 Å². The minimum atomic E-state index is -0.110. The minimum absolute atomic E-state index is 0.00369. The fourth-order valence-corrected chi connectivity index (χ4v) is 2.19. The Hall–Kier alpha value is -2.11. The predicted molar refractivity (Wildman–Crippen MR) is 76.0 cm³/mol. The Morgan fingerprint density at radius 2 is 1.75 bits per heavy atom. The van der Waals surface area contributed by atoms with Crippen LogP contribution < -0.4 is 5.73 Å². The Morgan fingerprint density at radius 1 is 1.15 bits per heavy atom. The molecule has 2 amide bonds. The lowest BCUT2D eigenvalue weighted by Crippen LogP contribution is -2.51. The van der Waals surface area contributed by atoms with Crippen LogP contribution in [0.5, 0.6) is 0 Å². The van der Waals surface area contributed by atoms with E-state index in [0.717, 1.165) is 0 Å². The van der Waals surface area contributed by atoms with Gasteiger partial charge in [-0.2, -0.15) is 0 Å². The Labute approximate surface area is 118 Å². The first-order chi connectivity index (χ1) is 9.49. The SMILES string of the molecule is CC(C)C(=O)N1CCN(C(=O)c2ccc(N)cn2)CC1. The highest BCUT2D eigenvalue weighted by Crippen LogP contribution is 2.10. The van der Waals surface area contributed by atoms with Gasteiger partial charge in [-0.15, -0.1) is 0 Å². The van der Waals surface area contributed by atoms with E-state index in [1.165, 1.54) is 6.20 Å². The molecule has 0 bridgehead atoms. The number of amides is 2. The number of nitrogens with two attached hydrogens (primary N) is 1. The second kappa shape index (κ2) is 5.90. The standard InChI is InChI=1S/C14H20N4O2/c1-10(2)13(19)17-5-7-18(8-6-17)14(20)12-4-3-11(15)9-16-12/h3-4,9-10H,5-8,15H2,1-2H3. The molecule has 1 aromatic rings. The molecule has 0 unspecified atom stereocenters. The third-order valence-corrected chi connectivity index (χ3v) is 3.38. The van der Waals surface area contributed by atoms with Crippen molar-refractivity contribution >= 4 is 17.5 Å². The van der Waals surface area contributed by atoms with Gasteiger partial charge in [0.25, 0.3) is 5.91 Å². The average molecular weight is 276 g/mol. The van der Waals surface area contributed by atoms with E-state index in [2.05, 4.69) is 4.98 Å². The summed E-state index contributed by atoms with van der Waals surface area (Å²) in [6, 6.07) is 3.29. The third-order valence-electron chi connectivity index (χ3n) is 3.38. The Morgan fingerprint density at radius 3 is 2.25 bits per heavy atom. The summed E-state index contributed by atoms with van der Waals surface area (Å²) in [5, 5.41) is 0. The molecule has 20 heavy (non-hydrogen) atoms. The molecular weight excluding hydrogens is 256 g/mol. The molecule has 6 nitrogen and oxygen atoms in total. The molecule has 2 rings (SSSR count). The number of aromatic nitrogens is 1. The number of hydrogen-bond donors (Lipinski definition) is 1. The zero-order valence-corrected chi connectivity index (χ0v) is 11.9. The van der Waals surface area contributed by atoms with Gasteiger partial charge < -0.3 is 15.5 Å². The van der Waals surface area contributed by atoms with Crippen LogP contribution in [0.15, 0.2) is 18.3 Å². The highest BCUT2D eigenvalue weighted by atomic mass is 16.2. The smallest absolute Gasteiger partial charge is 0.272 e. The lowest BCUT2D eigenvalue weighted by Gasteiger charge is -2.35. The van der Waals surface area contributed by atoms with E-state index in [1.54, 1.807) is 17.0 Å². The van der Waals surface area contributed by atoms with Gasteiger partial charge in [0.05, 0.1) is 11.9 Å². The van der Waals surface area contributed by atoms with Crippen molar-refractivity contribution in [3.05, 3.63) is 24.0 Å². The van der Waals surface area contributed by atoms with Crippen molar-refractivity contribution in [1.82, 2.24) is 14.8 Å². The molecule has 0 aromatic carbocycles. The molecule has 0 radical (unpaired) electrons. The van der Waals surface area contributed by atoms with Gasteiger partial charge in [0, 0.05) is 32.1 Å². The second-order valence-corrected chi connectivity index (χ2v) is 5.25. The van der Waals surface area contributed by atoms with Gasteiger partial charge in [-0.05, 0) is 12.1 Å². The van der Waals surface area contributed by atoms with Crippen LogP contribution in [0.2, 0.25) is 0 Å². The summed E-state index contributed by atoms with van der Waals surface area (Å²) in [5.41, 5.74) is 6.48. The normalized spacial score (nSPS) is 15.6. The van der Waals surface area contributed by atoms with Gasteiger partial charge in [-0.1, -0.05) is 13.8 Å². The molecule has 1 aromatic heterocycles. The zero-order valence-electron chi connectivity index (χ0n) is 11.9. The molecule has 2 heterocycles. The molecule has 1 aliphatic heterocycles. The van der Waals surface area contributed by atoms with Crippen molar-refractivity contribution in [2.24, 2.45) is 5.92 Å². The van der Waals surface area contributed by atoms with E-state index in [9.17, 15) is 9.59 Å². The summed E-state index contributed by atoms with van der Waals surface area (Å²) in [5.74, 6) is 0.0281. The first-order valence-electron chi connectivity index (χ1n) is 6.78. The third kappa shape index (κ3) is 3.07. The Kier molecular flexibility index (Phi) is 4.22. The number of carbonyl (C=O) groups excluding carboxylic acids is 2. The molecule has 2 N–H and O–H groups in total. The maximum Gasteiger partial charge on any atom is 0.272 e. The van der Waals surface area contributed by atoms with Gasteiger partial charge in [-0.25, -0.2) is 4.98 Å². The zero-order chi connectivity index (χ0) is 14.7. The first kappa shape index (κ1) is 14.3. The van der Waals surface area contributed by atoms with E-state index in [4.69, 9.17) is 5.73 Å². The first-order valence-corrected chi connectivity index (χ1v) is 6.78. The van der Waals surface area contributed by atoms with E-state index in [-0.39, 0.29) is 17.7 Å². The number of piperazine rings is 1. The number of carbonyl (C=O) groups is 2. The molecule has 0 atom stereocenters. The average Bonchev–Trinajstić information content (AvgIpc) is 2.46. The highest BCUT2D eigenvalue weighted by molar-refractivity contribution is 5.92. The number of rotatable bonds is 2. The van der Waals surface area contributed by atoms with Crippen LogP contribution in [-0.4, -0.2) is 52.8 Å². The van der Waals surface area contributed by atoms with Crippen molar-refractivity contribution in [1.29, 1.82) is 0 Å². The quantitative estimate of drug-likeness (QED) is 0.858. The summed E-state index contributed by atoms with van der Waals surface area (Å²) < 4.78 is 0. The predicted octanol–water partition coefficient (Wildman–Crippen LogP) is 0.604. The molecule has 0 aliphatic carbocycles. The maximum absolute atomic E-state index is 12.2. The van der Waals surface area contributed by atoms with Crippen molar-refractivity contribution in [2.75, 3.05) is 31.9 Å². The summed E-state index contributed by atoms with van der Waals surface area (Å²) in [6.07, 6.45) is 1.48. The van der Waals surface area contributed by atoms with Crippen molar-refractivity contribution < 1.29 is 9.59 Å². The van der Waals surface area contributed by atoms with Crippen LogP contribution >= 0.6 is 0 Å². The Balaban J connectivity index is 1.95. The fraction of sp³-hybridized carbons (Fsp3) is 0.500. The van der Waals surface area contributed by atoms with Gasteiger partial charge in [0.2, 0.25) is 5.91 Å². The lowest BCUT2D eigenvalue weighted by molar-refractivity contribution is -0.135. The molecule has 1 aliphatic rings. The number of hydrogen-bond acceptors (Lipinski definition) is 4. The summed E-state index contributed by atoms with van der Waals surface area (Å²) in [6.45, 7) is 6.03. The molecular formula is C14H20N4O2. The van der Waals surface area contributed by atoms with Crippen LogP contribution in [0.3, 0.4) is 0 Å². The molecule has 0 saturated carbocycles. The molecule has 6 heteroatoms. The number of pyridine rings is 1. The Bertz CT molecular complexity index is 490. The van der Waals surface area contributed by atoms with E-state index in [1.807, 2.05) is 18.7 Å². The van der Waals surface area contributed by atoms with Crippen LogP contribution in [0.4, 0.5) is 5.69 Å². The van der Waals surface area contributed by atoms with Crippen LogP contribution in [0, 0.1) is 5.92 Å². The van der Waals surface area contributed by atoms with Crippen molar-refractivity contribution in [3.63, 3.8) is 0 Å². The topological polar surface area (TPSA) is 79.5 Å². The van der Waals surface area contributed by atoms with E-state index < -0.39 is 0 Å². The number of anilines is 1. The fourth-order valence-electron chi connectivity index (χ4n) is 2.19. The molecule has 0 spiro atoms. The van der Waals surface area contributed by atoms with Crippen LogP contribution in [0.25, 0.3) is 0 Å². The minimum Gasteiger partial charge on any atom is -0.397 e. The molecule has 108 valence electrons. The summed E-state index contributed by atoms with van der Waals surface area (Å²) >= 11 is 0. The molecule has 1 saturated heterocycles. The summed E-state index contributed by atoms with van der Waals surface area (Å²) in [7, 11) is 0. The van der Waals surface area contributed by atoms with Gasteiger partial charge in [-0.3, -0.25) is 9.59 Å². The maximum atomic E-state index is 12.2. The van der Waals surface area contributed by atoms with Crippen molar-refractivity contribution in [2.45, 2.75) is 13.8 Å². The van der Waals surface area contributed by atoms with Crippen LogP contribution in [0.1, 0.15) is 24.3 Å². The summed E-state index contributed by atoms with van der Waals surface area (Å²) in [4.78, 5) is 31.7. The molecule has 1 fully saturated rings. The van der Waals surface area contributed by atoms with Crippen molar-refractivity contribution in [3.8, 4) is 0 Å². The lowest BCUT2D eigenvalue weighted by atomic mass is 10.1. The van der Waals surface area contributed by atoms with E-state index in [0.29, 0.717) is 37.6 Å². The second-order valence-electron chi connectivity index (χ2n) is 5.25. The largest absolute Gasteiger partial charge is 0.397 e. The monoisotopic (exact) mass is 276 g/mol. The van der Waals surface area contributed by atoms with Gasteiger partial charge in [0.15, 0.2) is 0 Å².